The first-order valence-corrected chi connectivity index (χ1v) is 14.3. The van der Waals surface area contributed by atoms with E-state index in [1.54, 1.807) is 41.3 Å². The Labute approximate surface area is 244 Å². The second-order valence-corrected chi connectivity index (χ2v) is 11.3. The average Bonchev–Trinajstić information content (AvgIpc) is 2.90. The van der Waals surface area contributed by atoms with Crippen LogP contribution < -0.4 is 5.32 Å². The molecule has 1 N–H and O–H groups in total. The monoisotopic (exact) mass is 590 g/mol. The van der Waals surface area contributed by atoms with Gasteiger partial charge in [0.25, 0.3) is 0 Å². The maximum absolute atomic E-state index is 14.0. The van der Waals surface area contributed by atoms with Crippen LogP contribution in [0.5, 0.6) is 0 Å². The summed E-state index contributed by atoms with van der Waals surface area (Å²) < 4.78 is 0. The Bertz CT molecular complexity index is 1240. The molecule has 0 heterocycles. The molecule has 200 valence electrons. The van der Waals surface area contributed by atoms with Gasteiger partial charge in [-0.25, -0.2) is 0 Å². The molecule has 0 aromatic heterocycles. The molecular formula is C30H30Cl4N2O2. The van der Waals surface area contributed by atoms with E-state index in [0.29, 0.717) is 37.6 Å². The number of nitrogens with zero attached hydrogens (tertiary/aromatic N) is 1. The number of hydrogen-bond donors (Lipinski definition) is 1. The third-order valence-corrected chi connectivity index (χ3v) is 8.26. The number of nitrogens with one attached hydrogen (secondary N) is 1. The van der Waals surface area contributed by atoms with Crippen molar-refractivity contribution in [2.75, 3.05) is 0 Å². The summed E-state index contributed by atoms with van der Waals surface area (Å²) in [6.07, 6.45) is 5.53. The van der Waals surface area contributed by atoms with Crippen molar-refractivity contribution in [1.82, 2.24) is 10.2 Å². The van der Waals surface area contributed by atoms with Gasteiger partial charge in [0.15, 0.2) is 0 Å². The van der Waals surface area contributed by atoms with E-state index in [1.807, 2.05) is 30.3 Å². The molecular weight excluding hydrogens is 562 g/mol. The Balaban J connectivity index is 1.71. The summed E-state index contributed by atoms with van der Waals surface area (Å²) in [5, 5.41) is 4.96. The Morgan fingerprint density at radius 3 is 2.18 bits per heavy atom. The minimum atomic E-state index is -0.764. The third kappa shape index (κ3) is 7.66. The van der Waals surface area contributed by atoms with Crippen LogP contribution in [0.15, 0.2) is 66.7 Å². The fourth-order valence-electron chi connectivity index (χ4n) is 4.89. The number of rotatable bonds is 9. The van der Waals surface area contributed by atoms with Crippen molar-refractivity contribution >= 4 is 58.2 Å². The molecule has 0 spiro atoms. The quantitative estimate of drug-likeness (QED) is 0.275. The Morgan fingerprint density at radius 1 is 0.842 bits per heavy atom. The first kappa shape index (κ1) is 28.8. The molecule has 1 unspecified atom stereocenters. The summed E-state index contributed by atoms with van der Waals surface area (Å²) in [5.74, 6) is -0.449. The van der Waals surface area contributed by atoms with Crippen LogP contribution >= 0.6 is 46.4 Å². The SMILES string of the molecule is O=C(NC1CCCCC1)C(Cc1ccccc1)N(Cc1ccc(Cl)cc1Cl)C(=O)Cc1c(Cl)cccc1Cl. The van der Waals surface area contributed by atoms with Gasteiger partial charge in [0.05, 0.1) is 6.42 Å². The Kier molecular flexibility index (Phi) is 10.4. The summed E-state index contributed by atoms with van der Waals surface area (Å²) in [5.41, 5.74) is 2.17. The molecule has 1 aliphatic rings. The number of carbonyl (C=O) groups excluding carboxylic acids is 2. The zero-order valence-corrected chi connectivity index (χ0v) is 24.0. The summed E-state index contributed by atoms with van der Waals surface area (Å²) >= 11 is 25.5. The van der Waals surface area contributed by atoms with E-state index in [4.69, 9.17) is 46.4 Å². The molecule has 0 aliphatic heterocycles. The summed E-state index contributed by atoms with van der Waals surface area (Å²) in [7, 11) is 0. The lowest BCUT2D eigenvalue weighted by Crippen LogP contribution is -2.53. The fourth-order valence-corrected chi connectivity index (χ4v) is 5.89. The highest BCUT2D eigenvalue weighted by molar-refractivity contribution is 6.36. The van der Waals surface area contributed by atoms with Crippen LogP contribution in [-0.4, -0.2) is 28.8 Å². The minimum Gasteiger partial charge on any atom is -0.352 e. The predicted molar refractivity (Wildman–Crippen MR) is 156 cm³/mol. The molecule has 8 heteroatoms. The second kappa shape index (κ2) is 13.7. The van der Waals surface area contributed by atoms with E-state index >= 15 is 0 Å². The first-order valence-electron chi connectivity index (χ1n) is 12.8. The van der Waals surface area contributed by atoms with Crippen molar-refractivity contribution in [3.63, 3.8) is 0 Å². The summed E-state index contributed by atoms with van der Waals surface area (Å²) in [6, 6.07) is 19.3. The highest BCUT2D eigenvalue weighted by atomic mass is 35.5. The molecule has 38 heavy (non-hydrogen) atoms. The molecule has 2 amide bonds. The van der Waals surface area contributed by atoms with Crippen LogP contribution in [0.1, 0.15) is 48.8 Å². The molecule has 0 bridgehead atoms. The molecule has 4 rings (SSSR count). The normalized spacial score (nSPS) is 14.6. The van der Waals surface area contributed by atoms with Gasteiger partial charge in [0.1, 0.15) is 6.04 Å². The van der Waals surface area contributed by atoms with Crippen molar-refractivity contribution < 1.29 is 9.59 Å². The van der Waals surface area contributed by atoms with Crippen LogP contribution in [-0.2, 0) is 29.0 Å². The number of benzene rings is 3. The summed E-state index contributed by atoms with van der Waals surface area (Å²) in [4.78, 5) is 29.5. The largest absolute Gasteiger partial charge is 0.352 e. The standard InChI is InChI=1S/C30H30Cl4N2O2/c31-22-15-14-21(27(34)17-22)19-36(29(37)18-24-25(32)12-7-13-26(24)33)28(16-20-8-3-1-4-9-20)30(38)35-23-10-5-2-6-11-23/h1,3-4,7-9,12-15,17,23,28H,2,5-6,10-11,16,18-19H2,(H,35,38). The number of amides is 2. The van der Waals surface area contributed by atoms with Crippen LogP contribution in [0.3, 0.4) is 0 Å². The molecule has 1 fully saturated rings. The van der Waals surface area contributed by atoms with Crippen LogP contribution in [0.4, 0.5) is 0 Å². The Hall–Kier alpha value is -2.24. The third-order valence-electron chi connectivity index (χ3n) is 6.97. The first-order chi connectivity index (χ1) is 18.3. The van der Waals surface area contributed by atoms with E-state index in [0.717, 1.165) is 31.2 Å². The molecule has 4 nitrogen and oxygen atoms in total. The zero-order valence-electron chi connectivity index (χ0n) is 20.9. The van der Waals surface area contributed by atoms with Gasteiger partial charge in [-0.15, -0.1) is 0 Å². The van der Waals surface area contributed by atoms with Crippen LogP contribution in [0.2, 0.25) is 20.1 Å². The lowest BCUT2D eigenvalue weighted by molar-refractivity contribution is -0.141. The number of carbonyl (C=O) groups is 2. The van der Waals surface area contributed by atoms with Gasteiger partial charge in [-0.2, -0.15) is 0 Å². The topological polar surface area (TPSA) is 49.4 Å². The lowest BCUT2D eigenvalue weighted by atomic mass is 9.94. The molecule has 0 saturated heterocycles. The maximum atomic E-state index is 14.0. The second-order valence-electron chi connectivity index (χ2n) is 9.68. The lowest BCUT2D eigenvalue weighted by Gasteiger charge is -2.34. The molecule has 0 radical (unpaired) electrons. The Morgan fingerprint density at radius 2 is 1.53 bits per heavy atom. The molecule has 1 aliphatic carbocycles. The number of hydrogen-bond acceptors (Lipinski definition) is 2. The molecule has 3 aromatic carbocycles. The highest BCUT2D eigenvalue weighted by Gasteiger charge is 2.32. The predicted octanol–water partition coefficient (Wildman–Crippen LogP) is 7.93. The van der Waals surface area contributed by atoms with E-state index in [1.165, 1.54) is 6.42 Å². The average molecular weight is 592 g/mol. The van der Waals surface area contributed by atoms with Crippen molar-refractivity contribution in [2.45, 2.75) is 63.6 Å². The van der Waals surface area contributed by atoms with Crippen LogP contribution in [0.25, 0.3) is 0 Å². The molecule has 3 aromatic rings. The van der Waals surface area contributed by atoms with Crippen molar-refractivity contribution in [3.05, 3.63) is 104 Å². The van der Waals surface area contributed by atoms with Gasteiger partial charge in [0.2, 0.25) is 11.8 Å². The van der Waals surface area contributed by atoms with Gasteiger partial charge in [-0.05, 0) is 53.8 Å². The molecule has 1 saturated carbocycles. The van der Waals surface area contributed by atoms with E-state index in [9.17, 15) is 9.59 Å². The van der Waals surface area contributed by atoms with Gasteiger partial charge in [-0.1, -0.05) is 108 Å². The van der Waals surface area contributed by atoms with E-state index in [-0.39, 0.29) is 30.8 Å². The van der Waals surface area contributed by atoms with Crippen LogP contribution in [0, 0.1) is 0 Å². The van der Waals surface area contributed by atoms with Crippen molar-refractivity contribution in [1.29, 1.82) is 0 Å². The fraction of sp³-hybridized carbons (Fsp3) is 0.333. The van der Waals surface area contributed by atoms with Crippen molar-refractivity contribution in [3.8, 4) is 0 Å². The minimum absolute atomic E-state index is 0.0499. The van der Waals surface area contributed by atoms with Gasteiger partial charge < -0.3 is 10.2 Å². The highest BCUT2D eigenvalue weighted by Crippen LogP contribution is 2.28. The van der Waals surface area contributed by atoms with E-state index < -0.39 is 6.04 Å². The molecule has 1 atom stereocenters. The van der Waals surface area contributed by atoms with Gasteiger partial charge in [-0.3, -0.25) is 9.59 Å². The summed E-state index contributed by atoms with van der Waals surface area (Å²) in [6.45, 7) is 0.131. The van der Waals surface area contributed by atoms with Gasteiger partial charge >= 0.3 is 0 Å². The van der Waals surface area contributed by atoms with E-state index in [2.05, 4.69) is 5.32 Å². The number of halogens is 4. The zero-order chi connectivity index (χ0) is 27.1. The maximum Gasteiger partial charge on any atom is 0.243 e. The van der Waals surface area contributed by atoms with Gasteiger partial charge in [0, 0.05) is 39.1 Å². The smallest absolute Gasteiger partial charge is 0.243 e. The van der Waals surface area contributed by atoms with Crippen molar-refractivity contribution in [2.24, 2.45) is 0 Å².